The van der Waals surface area contributed by atoms with Gasteiger partial charge in [0.25, 0.3) is 0 Å². The molecule has 0 bridgehead atoms. The first-order valence-electron chi connectivity index (χ1n) is 9.05. The number of ether oxygens (including phenoxy) is 1. The van der Waals surface area contributed by atoms with E-state index >= 15 is 0 Å². The number of esters is 1. The van der Waals surface area contributed by atoms with Gasteiger partial charge in [0.1, 0.15) is 0 Å². The molecule has 0 saturated carbocycles. The number of rotatable bonds is 9. The number of carbonyl (C=O) groups is 1. The number of halogens is 1. The maximum absolute atomic E-state index is 11.3. The molecule has 7 heteroatoms. The van der Waals surface area contributed by atoms with E-state index in [0.717, 1.165) is 38.1 Å². The monoisotopic (exact) mass is 454 g/mol. The molecule has 0 spiro atoms. The lowest BCUT2D eigenvalue weighted by Gasteiger charge is -2.35. The topological polar surface area (TPSA) is 66.0 Å². The van der Waals surface area contributed by atoms with Gasteiger partial charge in [-0.1, -0.05) is 13.3 Å². The van der Waals surface area contributed by atoms with Crippen molar-refractivity contribution in [2.24, 2.45) is 4.99 Å². The third-order valence-corrected chi connectivity index (χ3v) is 4.29. The quantitative estimate of drug-likeness (QED) is 0.184. The normalized spacial score (nSPS) is 18.6. The zero-order chi connectivity index (χ0) is 16.9. The smallest absolute Gasteiger partial charge is 0.305 e. The molecule has 1 unspecified atom stereocenters. The zero-order valence-corrected chi connectivity index (χ0v) is 17.8. The summed E-state index contributed by atoms with van der Waals surface area (Å²) < 4.78 is 4.91. The van der Waals surface area contributed by atoms with E-state index in [1.807, 2.05) is 6.92 Å². The maximum Gasteiger partial charge on any atom is 0.305 e. The van der Waals surface area contributed by atoms with E-state index in [4.69, 9.17) is 4.74 Å². The third-order valence-electron chi connectivity index (χ3n) is 4.29. The fourth-order valence-corrected chi connectivity index (χ4v) is 3.03. The Morgan fingerprint density at radius 1 is 1.25 bits per heavy atom. The molecule has 0 aromatic rings. The van der Waals surface area contributed by atoms with E-state index < -0.39 is 0 Å². The van der Waals surface area contributed by atoms with Gasteiger partial charge in [0.15, 0.2) is 5.96 Å². The minimum absolute atomic E-state index is 0. The van der Waals surface area contributed by atoms with Crippen LogP contribution in [0.25, 0.3) is 0 Å². The lowest BCUT2D eigenvalue weighted by atomic mass is 10.0. The number of guanidine groups is 1. The Kier molecular flexibility index (Phi) is 14.4. The van der Waals surface area contributed by atoms with Crippen molar-refractivity contribution in [3.8, 4) is 0 Å². The highest BCUT2D eigenvalue weighted by Crippen LogP contribution is 2.18. The first-order valence-corrected chi connectivity index (χ1v) is 9.05. The largest absolute Gasteiger partial charge is 0.466 e. The summed E-state index contributed by atoms with van der Waals surface area (Å²) in [6.07, 6.45) is 6.45. The lowest BCUT2D eigenvalue weighted by Crippen LogP contribution is -2.46. The average molecular weight is 454 g/mol. The van der Waals surface area contributed by atoms with Crippen LogP contribution in [0.1, 0.15) is 52.4 Å². The van der Waals surface area contributed by atoms with Crippen LogP contribution in [0.3, 0.4) is 0 Å². The molecule has 0 amide bonds. The molecule has 24 heavy (non-hydrogen) atoms. The van der Waals surface area contributed by atoms with Gasteiger partial charge in [-0.3, -0.25) is 14.7 Å². The fraction of sp³-hybridized carbons (Fsp3) is 0.882. The van der Waals surface area contributed by atoms with Crippen molar-refractivity contribution >= 4 is 35.9 Å². The van der Waals surface area contributed by atoms with E-state index in [9.17, 15) is 4.79 Å². The Bertz CT molecular complexity index is 366. The number of hydrogen-bond donors (Lipinski definition) is 2. The minimum atomic E-state index is -0.132. The van der Waals surface area contributed by atoms with Crippen LogP contribution in [0.4, 0.5) is 0 Å². The van der Waals surface area contributed by atoms with Crippen molar-refractivity contribution in [2.75, 3.05) is 39.8 Å². The molecule has 2 N–H and O–H groups in total. The van der Waals surface area contributed by atoms with Crippen LogP contribution in [0, 0.1) is 0 Å². The highest BCUT2D eigenvalue weighted by atomic mass is 127. The van der Waals surface area contributed by atoms with Crippen molar-refractivity contribution in [3.05, 3.63) is 0 Å². The van der Waals surface area contributed by atoms with Crippen LogP contribution in [-0.2, 0) is 9.53 Å². The fourth-order valence-electron chi connectivity index (χ4n) is 3.03. The molecule has 1 heterocycles. The SMILES string of the molecule is CCOC(=O)CCCNC(=NC)NCCN1CCCCC1CC.I. The van der Waals surface area contributed by atoms with Gasteiger partial charge in [-0.25, -0.2) is 0 Å². The number of nitrogens with one attached hydrogen (secondary N) is 2. The summed E-state index contributed by atoms with van der Waals surface area (Å²) in [5.74, 6) is 0.673. The molecule has 1 atom stereocenters. The third kappa shape index (κ3) is 9.66. The number of nitrogens with zero attached hydrogens (tertiary/aromatic N) is 2. The van der Waals surface area contributed by atoms with Crippen LogP contribution in [0.15, 0.2) is 4.99 Å². The summed E-state index contributed by atoms with van der Waals surface area (Å²) in [6.45, 7) is 8.44. The molecule has 0 aromatic heterocycles. The molecular weight excluding hydrogens is 419 g/mol. The standard InChI is InChI=1S/C17H34N4O2.HI/c1-4-15-9-6-7-13-21(15)14-12-20-17(18-3)19-11-8-10-16(22)23-5-2;/h15H,4-14H2,1-3H3,(H2,18,19,20);1H. The summed E-state index contributed by atoms with van der Waals surface area (Å²) >= 11 is 0. The Balaban J connectivity index is 0.00000529. The zero-order valence-electron chi connectivity index (χ0n) is 15.5. The second-order valence-electron chi connectivity index (χ2n) is 5.93. The van der Waals surface area contributed by atoms with E-state index in [-0.39, 0.29) is 29.9 Å². The second-order valence-corrected chi connectivity index (χ2v) is 5.93. The van der Waals surface area contributed by atoms with Gasteiger partial charge >= 0.3 is 5.97 Å². The summed E-state index contributed by atoms with van der Waals surface area (Å²) in [5.41, 5.74) is 0. The highest BCUT2D eigenvalue weighted by molar-refractivity contribution is 14.0. The lowest BCUT2D eigenvalue weighted by molar-refractivity contribution is -0.143. The predicted molar refractivity (Wildman–Crippen MR) is 110 cm³/mol. The number of hydrogen-bond acceptors (Lipinski definition) is 4. The Morgan fingerprint density at radius 2 is 2.00 bits per heavy atom. The molecule has 0 radical (unpaired) electrons. The number of aliphatic imine (C=N–C) groups is 1. The van der Waals surface area contributed by atoms with Crippen molar-refractivity contribution in [2.45, 2.75) is 58.4 Å². The molecule has 6 nitrogen and oxygen atoms in total. The Hall–Kier alpha value is -0.570. The van der Waals surface area contributed by atoms with Gasteiger partial charge in [-0.15, -0.1) is 24.0 Å². The molecule has 0 aliphatic carbocycles. The molecule has 142 valence electrons. The highest BCUT2D eigenvalue weighted by Gasteiger charge is 2.19. The van der Waals surface area contributed by atoms with E-state index in [1.165, 1.54) is 32.2 Å². The number of likely N-dealkylation sites (tertiary alicyclic amines) is 1. The van der Waals surface area contributed by atoms with E-state index in [0.29, 0.717) is 13.0 Å². The van der Waals surface area contributed by atoms with Gasteiger partial charge < -0.3 is 15.4 Å². The molecule has 1 aliphatic heterocycles. The first-order chi connectivity index (χ1) is 11.2. The number of piperidine rings is 1. The van der Waals surface area contributed by atoms with Gasteiger partial charge in [-0.05, 0) is 39.2 Å². The van der Waals surface area contributed by atoms with Gasteiger partial charge in [0.05, 0.1) is 6.61 Å². The molecule has 0 aromatic carbocycles. The van der Waals surface area contributed by atoms with Crippen LogP contribution < -0.4 is 10.6 Å². The molecule has 1 aliphatic rings. The Morgan fingerprint density at radius 3 is 2.67 bits per heavy atom. The van der Waals surface area contributed by atoms with Crippen LogP contribution in [-0.4, -0.2) is 62.7 Å². The van der Waals surface area contributed by atoms with Crippen molar-refractivity contribution in [3.63, 3.8) is 0 Å². The van der Waals surface area contributed by atoms with Crippen LogP contribution >= 0.6 is 24.0 Å². The minimum Gasteiger partial charge on any atom is -0.466 e. The van der Waals surface area contributed by atoms with Gasteiger partial charge in [-0.2, -0.15) is 0 Å². The molecule has 1 fully saturated rings. The van der Waals surface area contributed by atoms with Gasteiger partial charge in [0, 0.05) is 39.1 Å². The average Bonchev–Trinajstić information content (AvgIpc) is 2.57. The van der Waals surface area contributed by atoms with Crippen molar-refractivity contribution in [1.82, 2.24) is 15.5 Å². The van der Waals surface area contributed by atoms with Crippen molar-refractivity contribution < 1.29 is 9.53 Å². The predicted octanol–water partition coefficient (Wildman–Crippen LogP) is 2.38. The first kappa shape index (κ1) is 23.4. The summed E-state index contributed by atoms with van der Waals surface area (Å²) in [6, 6.07) is 0.741. The Labute approximate surface area is 164 Å². The molecule has 1 saturated heterocycles. The summed E-state index contributed by atoms with van der Waals surface area (Å²) in [4.78, 5) is 18.1. The molecular formula is C17H35IN4O2. The van der Waals surface area contributed by atoms with Crippen molar-refractivity contribution in [1.29, 1.82) is 0 Å². The van der Waals surface area contributed by atoms with E-state index in [1.54, 1.807) is 7.05 Å². The maximum atomic E-state index is 11.3. The van der Waals surface area contributed by atoms with Crippen LogP contribution in [0.2, 0.25) is 0 Å². The van der Waals surface area contributed by atoms with Crippen LogP contribution in [0.5, 0.6) is 0 Å². The molecule has 1 rings (SSSR count). The summed E-state index contributed by atoms with van der Waals surface area (Å²) in [5, 5.41) is 6.60. The number of carbonyl (C=O) groups excluding carboxylic acids is 1. The van der Waals surface area contributed by atoms with E-state index in [2.05, 4.69) is 27.4 Å². The second kappa shape index (κ2) is 14.7. The van der Waals surface area contributed by atoms with Gasteiger partial charge in [0.2, 0.25) is 0 Å². The summed E-state index contributed by atoms with van der Waals surface area (Å²) in [7, 11) is 1.77.